The molecule has 0 spiro atoms. The van der Waals surface area contributed by atoms with Crippen LogP contribution in [0.25, 0.3) is 0 Å². The van der Waals surface area contributed by atoms with Gasteiger partial charge in [-0.25, -0.2) is 0 Å². The highest BCUT2D eigenvalue weighted by molar-refractivity contribution is 5.33. The molecule has 49 heavy (non-hydrogen) atoms. The summed E-state index contributed by atoms with van der Waals surface area (Å²) in [5.74, 6) is 0.833. The summed E-state index contributed by atoms with van der Waals surface area (Å²) in [5.41, 5.74) is 5.15. The number of hydrogen-bond donors (Lipinski definition) is 1. The third-order valence-corrected chi connectivity index (χ3v) is 8.29. The number of alkyl halides is 6. The average molecular weight is 687 g/mol. The molecule has 4 aromatic rings. The highest BCUT2D eigenvalue weighted by atomic mass is 19.4. The van der Waals surface area contributed by atoms with E-state index in [2.05, 4.69) is 102 Å². The summed E-state index contributed by atoms with van der Waals surface area (Å²) in [7, 11) is 0. The molecule has 4 aromatic carbocycles. The maximum absolute atomic E-state index is 12.2. The first-order valence-electron chi connectivity index (χ1n) is 16.5. The number of likely N-dealkylation sites (tertiary alicyclic amines) is 2. The van der Waals surface area contributed by atoms with Gasteiger partial charge in [0.25, 0.3) is 0 Å². The second kappa shape index (κ2) is 18.3. The number of aliphatic hydroxyl groups is 1. The zero-order chi connectivity index (χ0) is 35.3. The number of halogens is 6. The molecule has 10 heteroatoms. The topological polar surface area (TPSA) is 35.9 Å². The number of rotatable bonds is 10. The zero-order valence-electron chi connectivity index (χ0n) is 27.5. The first kappa shape index (κ1) is 38.1. The van der Waals surface area contributed by atoms with Crippen molar-refractivity contribution in [3.05, 3.63) is 144 Å². The SMILES string of the molecule is CC1CN(C(c2ccccc2)c2ccccc2)C1.FC(F)(F)CCOC1CN(C(c2ccccc2)c2ccccc2)C1.OCCC(F)(F)F. The van der Waals surface area contributed by atoms with Crippen molar-refractivity contribution < 1.29 is 36.2 Å². The Morgan fingerprint density at radius 2 is 0.898 bits per heavy atom. The molecule has 0 aromatic heterocycles. The van der Waals surface area contributed by atoms with E-state index >= 15 is 0 Å². The van der Waals surface area contributed by atoms with E-state index in [0.29, 0.717) is 19.1 Å². The normalized spacial score (nSPS) is 15.9. The molecule has 0 aliphatic carbocycles. The molecule has 1 N–H and O–H groups in total. The van der Waals surface area contributed by atoms with Crippen LogP contribution in [-0.4, -0.2) is 72.8 Å². The third-order valence-electron chi connectivity index (χ3n) is 8.29. The van der Waals surface area contributed by atoms with Crippen molar-refractivity contribution >= 4 is 0 Å². The minimum Gasteiger partial charge on any atom is -0.396 e. The summed E-state index contributed by atoms with van der Waals surface area (Å²) in [5, 5.41) is 7.68. The standard InChI is InChI=1S/C19H20F3NO.C17H19N.C3H5F3O/c20-19(21,22)11-12-24-17-13-23(14-17)18(15-7-3-1-4-8-15)16-9-5-2-6-10-16;1-14-12-18(13-14)17(15-8-4-2-5-9-15)16-10-6-3-7-11-16;4-3(5,6)1-2-7/h1-10,17-18H,11-14H2;2-11,14,17H,12-13H2,1H3;7H,1-2H2. The summed E-state index contributed by atoms with van der Waals surface area (Å²) < 4.78 is 74.6. The molecule has 4 nitrogen and oxygen atoms in total. The molecule has 6 rings (SSSR count). The molecule has 2 heterocycles. The molecule has 264 valence electrons. The van der Waals surface area contributed by atoms with Crippen LogP contribution in [-0.2, 0) is 4.74 Å². The molecular weight excluding hydrogens is 642 g/mol. The van der Waals surface area contributed by atoms with Gasteiger partial charge in [0, 0.05) is 26.2 Å². The summed E-state index contributed by atoms with van der Waals surface area (Å²) >= 11 is 0. The number of benzene rings is 4. The van der Waals surface area contributed by atoms with Crippen molar-refractivity contribution in [3.8, 4) is 0 Å². The van der Waals surface area contributed by atoms with Crippen LogP contribution in [0.1, 0.15) is 54.1 Å². The van der Waals surface area contributed by atoms with Crippen LogP contribution in [0.4, 0.5) is 26.3 Å². The van der Waals surface area contributed by atoms with Crippen LogP contribution in [0.5, 0.6) is 0 Å². The Morgan fingerprint density at radius 1 is 0.571 bits per heavy atom. The van der Waals surface area contributed by atoms with E-state index in [4.69, 9.17) is 9.84 Å². The Labute approximate surface area is 284 Å². The fourth-order valence-electron chi connectivity index (χ4n) is 5.98. The van der Waals surface area contributed by atoms with E-state index in [9.17, 15) is 26.3 Å². The number of hydrogen-bond acceptors (Lipinski definition) is 4. The Bertz CT molecular complexity index is 1380. The molecule has 0 radical (unpaired) electrons. The highest BCUT2D eigenvalue weighted by Gasteiger charge is 2.36. The second-order valence-corrected chi connectivity index (χ2v) is 12.4. The summed E-state index contributed by atoms with van der Waals surface area (Å²) in [6.07, 6.45) is -10.5. The molecule has 2 aliphatic heterocycles. The van der Waals surface area contributed by atoms with E-state index in [0.717, 1.165) is 5.92 Å². The van der Waals surface area contributed by atoms with E-state index in [1.54, 1.807) is 0 Å². The Balaban J connectivity index is 0.000000190. The lowest BCUT2D eigenvalue weighted by molar-refractivity contribution is -0.157. The van der Waals surface area contributed by atoms with Crippen LogP contribution < -0.4 is 0 Å². The molecule has 0 saturated carbocycles. The number of nitrogens with zero attached hydrogens (tertiary/aromatic N) is 2. The van der Waals surface area contributed by atoms with Gasteiger partial charge in [-0.3, -0.25) is 9.80 Å². The first-order chi connectivity index (χ1) is 23.4. The zero-order valence-corrected chi connectivity index (χ0v) is 27.5. The van der Waals surface area contributed by atoms with Crippen molar-refractivity contribution in [2.75, 3.05) is 39.4 Å². The monoisotopic (exact) mass is 686 g/mol. The number of ether oxygens (including phenoxy) is 1. The summed E-state index contributed by atoms with van der Waals surface area (Å²) in [6.45, 7) is 4.94. The van der Waals surface area contributed by atoms with E-state index < -0.39 is 31.8 Å². The maximum Gasteiger partial charge on any atom is 0.391 e. The minimum absolute atomic E-state index is 0.106. The molecule has 0 unspecified atom stereocenters. The van der Waals surface area contributed by atoms with Gasteiger partial charge >= 0.3 is 12.4 Å². The van der Waals surface area contributed by atoms with Gasteiger partial charge in [-0.15, -0.1) is 0 Å². The van der Waals surface area contributed by atoms with Crippen LogP contribution >= 0.6 is 0 Å². The van der Waals surface area contributed by atoms with Crippen LogP contribution in [0, 0.1) is 5.92 Å². The Kier molecular flexibility index (Phi) is 14.3. The molecule has 0 bridgehead atoms. The van der Waals surface area contributed by atoms with E-state index in [1.807, 2.05) is 36.4 Å². The molecule has 2 fully saturated rings. The van der Waals surface area contributed by atoms with Crippen molar-refractivity contribution in [2.24, 2.45) is 5.92 Å². The predicted molar refractivity (Wildman–Crippen MR) is 180 cm³/mol. The lowest BCUT2D eigenvalue weighted by Crippen LogP contribution is -2.53. The van der Waals surface area contributed by atoms with Crippen LogP contribution in [0.3, 0.4) is 0 Å². The van der Waals surface area contributed by atoms with Gasteiger partial charge in [0.1, 0.15) is 0 Å². The van der Waals surface area contributed by atoms with Crippen molar-refractivity contribution in [1.82, 2.24) is 9.80 Å². The van der Waals surface area contributed by atoms with Crippen LogP contribution in [0.15, 0.2) is 121 Å². The molecule has 2 aliphatic rings. The number of aliphatic hydroxyl groups excluding tert-OH is 1. The Hall–Kier alpha value is -3.70. The average Bonchev–Trinajstić information content (AvgIpc) is 3.04. The minimum atomic E-state index is -4.20. The first-order valence-corrected chi connectivity index (χ1v) is 16.5. The summed E-state index contributed by atoms with van der Waals surface area (Å²) in [6, 6.07) is 42.5. The maximum atomic E-state index is 12.2. The van der Waals surface area contributed by atoms with Gasteiger partial charge in [0.05, 0.1) is 44.2 Å². The quantitative estimate of drug-likeness (QED) is 0.169. The van der Waals surface area contributed by atoms with Gasteiger partial charge in [0.2, 0.25) is 0 Å². The van der Waals surface area contributed by atoms with Gasteiger partial charge in [0.15, 0.2) is 0 Å². The molecule has 0 atom stereocenters. The van der Waals surface area contributed by atoms with Gasteiger partial charge in [-0.05, 0) is 28.2 Å². The van der Waals surface area contributed by atoms with Gasteiger partial charge in [-0.2, -0.15) is 26.3 Å². The summed E-state index contributed by atoms with van der Waals surface area (Å²) in [4.78, 5) is 4.80. The smallest absolute Gasteiger partial charge is 0.391 e. The van der Waals surface area contributed by atoms with Crippen LogP contribution in [0.2, 0.25) is 0 Å². The fraction of sp³-hybridized carbons (Fsp3) is 0.385. The van der Waals surface area contributed by atoms with E-state index in [-0.39, 0.29) is 18.8 Å². The molecular formula is C39H44F6N2O2. The highest BCUT2D eigenvalue weighted by Crippen LogP contribution is 2.35. The van der Waals surface area contributed by atoms with Crippen molar-refractivity contribution in [2.45, 2.75) is 50.3 Å². The van der Waals surface area contributed by atoms with Gasteiger partial charge in [-0.1, -0.05) is 128 Å². The van der Waals surface area contributed by atoms with Crippen molar-refractivity contribution in [3.63, 3.8) is 0 Å². The largest absolute Gasteiger partial charge is 0.396 e. The lowest BCUT2D eigenvalue weighted by atomic mass is 9.91. The fourth-order valence-corrected chi connectivity index (χ4v) is 5.98. The molecule has 2 saturated heterocycles. The Morgan fingerprint density at radius 3 is 1.16 bits per heavy atom. The molecule has 0 amide bonds. The predicted octanol–water partition coefficient (Wildman–Crippen LogP) is 9.09. The third kappa shape index (κ3) is 12.6. The lowest BCUT2D eigenvalue weighted by Gasteiger charge is -2.44. The van der Waals surface area contributed by atoms with Crippen molar-refractivity contribution in [1.29, 1.82) is 0 Å². The second-order valence-electron chi connectivity index (χ2n) is 12.4. The van der Waals surface area contributed by atoms with Gasteiger partial charge < -0.3 is 9.84 Å². The van der Waals surface area contributed by atoms with E-state index in [1.165, 1.54) is 35.3 Å².